The van der Waals surface area contributed by atoms with Crippen LogP contribution in [0, 0.1) is 0 Å². The number of benzene rings is 2. The zero-order valence-electron chi connectivity index (χ0n) is 10.2. The Morgan fingerprint density at radius 2 is 1.72 bits per heavy atom. The first-order chi connectivity index (χ1) is 8.85. The van der Waals surface area contributed by atoms with Crippen LogP contribution in [0.4, 0.5) is 0 Å². The first kappa shape index (κ1) is 13.8. The topological polar surface area (TPSA) is 0 Å². The lowest BCUT2D eigenvalue weighted by molar-refractivity contribution is 0.941. The molecule has 0 aliphatic heterocycles. The first-order valence-electron chi connectivity index (χ1n) is 6.14. The summed E-state index contributed by atoms with van der Waals surface area (Å²) in [7, 11) is 0. The first-order valence-corrected chi connectivity index (χ1v) is 8.38. The molecule has 2 aromatic carbocycles. The molecule has 0 saturated heterocycles. The van der Waals surface area contributed by atoms with Crippen molar-refractivity contribution in [3.8, 4) is 11.1 Å². The SMILES string of the molecule is BrCCCc1ccccc1-c1cccc(CBr)c1. The quantitative estimate of drug-likeness (QED) is 0.605. The maximum atomic E-state index is 3.52. The molecule has 0 spiro atoms. The minimum atomic E-state index is 0.907. The Bertz CT molecular complexity index is 506. The van der Waals surface area contributed by atoms with E-state index in [4.69, 9.17) is 0 Å². The Hall–Kier alpha value is -0.600. The van der Waals surface area contributed by atoms with Gasteiger partial charge in [0.15, 0.2) is 0 Å². The van der Waals surface area contributed by atoms with Crippen LogP contribution < -0.4 is 0 Å². The Labute approximate surface area is 126 Å². The van der Waals surface area contributed by atoms with E-state index in [1.165, 1.54) is 28.7 Å². The van der Waals surface area contributed by atoms with Crippen molar-refractivity contribution in [2.24, 2.45) is 0 Å². The molecule has 0 atom stereocenters. The molecule has 0 nitrogen and oxygen atoms in total. The van der Waals surface area contributed by atoms with Crippen LogP contribution in [0.3, 0.4) is 0 Å². The van der Waals surface area contributed by atoms with E-state index >= 15 is 0 Å². The molecule has 0 aliphatic carbocycles. The Kier molecular flexibility index (Phi) is 5.45. The summed E-state index contributed by atoms with van der Waals surface area (Å²) in [5, 5.41) is 1.97. The van der Waals surface area contributed by atoms with Crippen molar-refractivity contribution < 1.29 is 0 Å². The maximum absolute atomic E-state index is 3.52. The highest BCUT2D eigenvalue weighted by Gasteiger charge is 2.04. The van der Waals surface area contributed by atoms with E-state index in [9.17, 15) is 0 Å². The molecule has 2 heteroatoms. The predicted octanol–water partition coefficient (Wildman–Crippen LogP) is 5.58. The lowest BCUT2D eigenvalue weighted by atomic mass is 9.96. The monoisotopic (exact) mass is 366 g/mol. The van der Waals surface area contributed by atoms with Gasteiger partial charge in [-0.05, 0) is 35.1 Å². The average Bonchev–Trinajstić information content (AvgIpc) is 2.45. The lowest BCUT2D eigenvalue weighted by Crippen LogP contribution is -1.91. The zero-order valence-corrected chi connectivity index (χ0v) is 13.4. The predicted molar refractivity (Wildman–Crippen MR) is 86.6 cm³/mol. The fourth-order valence-electron chi connectivity index (χ4n) is 2.10. The minimum Gasteiger partial charge on any atom is -0.0928 e. The van der Waals surface area contributed by atoms with Gasteiger partial charge in [0.2, 0.25) is 0 Å². The van der Waals surface area contributed by atoms with E-state index in [1.54, 1.807) is 0 Å². The molecule has 0 aromatic heterocycles. The number of aryl methyl sites for hydroxylation is 1. The lowest BCUT2D eigenvalue weighted by Gasteiger charge is -2.10. The van der Waals surface area contributed by atoms with E-state index in [0.29, 0.717) is 0 Å². The van der Waals surface area contributed by atoms with Gasteiger partial charge in [-0.3, -0.25) is 0 Å². The fourth-order valence-corrected chi connectivity index (χ4v) is 2.73. The van der Waals surface area contributed by atoms with Crippen LogP contribution in [0.15, 0.2) is 48.5 Å². The molecule has 0 aliphatic rings. The van der Waals surface area contributed by atoms with Crippen LogP contribution in [-0.4, -0.2) is 5.33 Å². The highest BCUT2D eigenvalue weighted by Crippen LogP contribution is 2.26. The molecule has 0 bridgehead atoms. The van der Waals surface area contributed by atoms with Crippen molar-refractivity contribution in [2.45, 2.75) is 18.2 Å². The second-order valence-electron chi connectivity index (χ2n) is 4.28. The number of halogens is 2. The van der Waals surface area contributed by atoms with Crippen LogP contribution >= 0.6 is 31.9 Å². The number of alkyl halides is 2. The third-order valence-electron chi connectivity index (χ3n) is 2.99. The van der Waals surface area contributed by atoms with Crippen LogP contribution in [0.2, 0.25) is 0 Å². The minimum absolute atomic E-state index is 0.907. The summed E-state index contributed by atoms with van der Waals surface area (Å²) in [5.74, 6) is 0. The van der Waals surface area contributed by atoms with Crippen LogP contribution in [-0.2, 0) is 11.8 Å². The van der Waals surface area contributed by atoms with Crippen molar-refractivity contribution in [1.29, 1.82) is 0 Å². The Morgan fingerprint density at radius 3 is 2.50 bits per heavy atom. The Balaban J connectivity index is 2.36. The van der Waals surface area contributed by atoms with E-state index in [0.717, 1.165) is 17.1 Å². The zero-order chi connectivity index (χ0) is 12.8. The largest absolute Gasteiger partial charge is 0.0928 e. The van der Waals surface area contributed by atoms with Crippen molar-refractivity contribution in [3.63, 3.8) is 0 Å². The molecule has 18 heavy (non-hydrogen) atoms. The molecular formula is C16H16Br2. The standard InChI is InChI=1S/C16H16Br2/c17-10-4-8-14-6-1-2-9-16(14)15-7-3-5-13(11-15)12-18/h1-3,5-7,9,11H,4,8,10,12H2. The molecule has 0 unspecified atom stereocenters. The highest BCUT2D eigenvalue weighted by molar-refractivity contribution is 9.09. The molecule has 0 saturated carbocycles. The van der Waals surface area contributed by atoms with Crippen molar-refractivity contribution in [3.05, 3.63) is 59.7 Å². The smallest absolute Gasteiger partial charge is 0.0283 e. The molecule has 0 N–H and O–H groups in total. The van der Waals surface area contributed by atoms with E-state index in [2.05, 4.69) is 80.4 Å². The van der Waals surface area contributed by atoms with Crippen molar-refractivity contribution in [2.75, 3.05) is 5.33 Å². The normalized spacial score (nSPS) is 10.6. The molecule has 0 fully saturated rings. The molecule has 0 radical (unpaired) electrons. The van der Waals surface area contributed by atoms with E-state index < -0.39 is 0 Å². The Morgan fingerprint density at radius 1 is 0.889 bits per heavy atom. The highest BCUT2D eigenvalue weighted by atomic mass is 79.9. The molecule has 0 heterocycles. The molecule has 0 amide bonds. The number of hydrogen-bond donors (Lipinski definition) is 0. The van der Waals surface area contributed by atoms with Crippen LogP contribution in [0.5, 0.6) is 0 Å². The van der Waals surface area contributed by atoms with Crippen LogP contribution in [0.1, 0.15) is 17.5 Å². The second-order valence-corrected chi connectivity index (χ2v) is 5.64. The summed E-state index contributed by atoms with van der Waals surface area (Å²) in [6, 6.07) is 17.4. The van der Waals surface area contributed by atoms with Gasteiger partial charge in [0, 0.05) is 10.7 Å². The third-order valence-corrected chi connectivity index (χ3v) is 4.20. The fraction of sp³-hybridized carbons (Fsp3) is 0.250. The summed E-state index contributed by atoms with van der Waals surface area (Å²) in [5.41, 5.74) is 5.44. The third kappa shape index (κ3) is 3.46. The molecular weight excluding hydrogens is 352 g/mol. The summed E-state index contributed by atoms with van der Waals surface area (Å²) >= 11 is 7.02. The summed E-state index contributed by atoms with van der Waals surface area (Å²) in [6.07, 6.45) is 2.30. The van der Waals surface area contributed by atoms with Crippen molar-refractivity contribution in [1.82, 2.24) is 0 Å². The van der Waals surface area contributed by atoms with Crippen molar-refractivity contribution >= 4 is 31.9 Å². The van der Waals surface area contributed by atoms with Gasteiger partial charge in [-0.25, -0.2) is 0 Å². The van der Waals surface area contributed by atoms with Crippen LogP contribution in [0.25, 0.3) is 11.1 Å². The number of rotatable bonds is 5. The average molecular weight is 368 g/mol. The van der Waals surface area contributed by atoms with Gasteiger partial charge in [0.1, 0.15) is 0 Å². The van der Waals surface area contributed by atoms with Gasteiger partial charge in [-0.1, -0.05) is 80.4 Å². The summed E-state index contributed by atoms with van der Waals surface area (Å²) < 4.78 is 0. The van der Waals surface area contributed by atoms with Gasteiger partial charge in [0.25, 0.3) is 0 Å². The van der Waals surface area contributed by atoms with Gasteiger partial charge >= 0.3 is 0 Å². The second kappa shape index (κ2) is 7.10. The molecule has 2 rings (SSSR count). The van der Waals surface area contributed by atoms with E-state index in [1.807, 2.05) is 0 Å². The molecule has 94 valence electrons. The van der Waals surface area contributed by atoms with Gasteiger partial charge < -0.3 is 0 Å². The maximum Gasteiger partial charge on any atom is 0.0283 e. The van der Waals surface area contributed by atoms with Gasteiger partial charge in [-0.2, -0.15) is 0 Å². The van der Waals surface area contributed by atoms with Gasteiger partial charge in [-0.15, -0.1) is 0 Å². The van der Waals surface area contributed by atoms with E-state index in [-0.39, 0.29) is 0 Å². The summed E-state index contributed by atoms with van der Waals surface area (Å²) in [4.78, 5) is 0. The summed E-state index contributed by atoms with van der Waals surface area (Å²) in [6.45, 7) is 0. The molecule has 2 aromatic rings. The van der Waals surface area contributed by atoms with Gasteiger partial charge in [0.05, 0.1) is 0 Å². The number of hydrogen-bond acceptors (Lipinski definition) is 0.